The average Bonchev–Trinajstić information content (AvgIpc) is 2.66. The number of aryl methyl sites for hydroxylation is 2. The number of amides is 1. The van der Waals surface area contributed by atoms with Crippen molar-refractivity contribution in [1.82, 2.24) is 4.98 Å². The monoisotopic (exact) mass is 430 g/mol. The number of carbonyl (C=O) groups is 1. The summed E-state index contributed by atoms with van der Waals surface area (Å²) in [6.45, 7) is 4.05. The van der Waals surface area contributed by atoms with Crippen LogP contribution in [0.25, 0.3) is 22.2 Å². The normalized spacial score (nSPS) is 10.8. The topological polar surface area (TPSA) is 42.0 Å². The van der Waals surface area contributed by atoms with E-state index in [1.807, 2.05) is 80.6 Å². The standard InChI is InChI=1S/C24H19BrN2O/c1-15-10-16(2)12-19(11-15)26-24(28)21-14-23(17-6-5-7-18(25)13-17)27-22-9-4-3-8-20(21)22/h3-14H,1-2H3,(H,26,28). The van der Waals surface area contributed by atoms with Gasteiger partial charge in [0, 0.05) is 21.1 Å². The number of hydrogen-bond acceptors (Lipinski definition) is 2. The molecule has 0 bridgehead atoms. The Balaban J connectivity index is 1.81. The zero-order chi connectivity index (χ0) is 19.7. The second kappa shape index (κ2) is 7.56. The number of fused-ring (bicyclic) bond motifs is 1. The molecule has 1 N–H and O–H groups in total. The van der Waals surface area contributed by atoms with Crippen LogP contribution in [0.3, 0.4) is 0 Å². The predicted octanol–water partition coefficient (Wildman–Crippen LogP) is 6.53. The Morgan fingerprint density at radius 3 is 2.39 bits per heavy atom. The molecule has 1 amide bonds. The van der Waals surface area contributed by atoms with Gasteiger partial charge in [-0.1, -0.05) is 52.3 Å². The molecule has 0 aliphatic carbocycles. The summed E-state index contributed by atoms with van der Waals surface area (Å²) in [5.74, 6) is -0.139. The van der Waals surface area contributed by atoms with E-state index in [-0.39, 0.29) is 5.91 Å². The number of nitrogens with one attached hydrogen (secondary N) is 1. The first-order valence-electron chi connectivity index (χ1n) is 9.05. The number of aromatic nitrogens is 1. The minimum atomic E-state index is -0.139. The summed E-state index contributed by atoms with van der Waals surface area (Å²) in [5.41, 5.74) is 6.17. The minimum Gasteiger partial charge on any atom is -0.322 e. The Morgan fingerprint density at radius 1 is 0.893 bits per heavy atom. The second-order valence-corrected chi connectivity index (χ2v) is 7.83. The first-order valence-corrected chi connectivity index (χ1v) is 9.84. The molecule has 138 valence electrons. The van der Waals surface area contributed by atoms with E-state index in [2.05, 4.69) is 27.3 Å². The summed E-state index contributed by atoms with van der Waals surface area (Å²) in [4.78, 5) is 17.9. The molecule has 0 radical (unpaired) electrons. The molecule has 1 aromatic heterocycles. The highest BCUT2D eigenvalue weighted by atomic mass is 79.9. The lowest BCUT2D eigenvalue weighted by molar-refractivity contribution is 0.102. The SMILES string of the molecule is Cc1cc(C)cc(NC(=O)c2cc(-c3cccc(Br)c3)nc3ccccc23)c1. The van der Waals surface area contributed by atoms with Gasteiger partial charge in [0.05, 0.1) is 16.8 Å². The molecule has 0 saturated carbocycles. The van der Waals surface area contributed by atoms with E-state index >= 15 is 0 Å². The first kappa shape index (κ1) is 18.4. The molecule has 3 nitrogen and oxygen atoms in total. The van der Waals surface area contributed by atoms with E-state index in [1.54, 1.807) is 0 Å². The molecular weight excluding hydrogens is 412 g/mol. The summed E-state index contributed by atoms with van der Waals surface area (Å²) in [7, 11) is 0. The molecule has 3 aromatic carbocycles. The summed E-state index contributed by atoms with van der Waals surface area (Å²) in [6, 6.07) is 23.6. The fourth-order valence-corrected chi connectivity index (χ4v) is 3.80. The second-order valence-electron chi connectivity index (χ2n) is 6.91. The van der Waals surface area contributed by atoms with Crippen LogP contribution >= 0.6 is 15.9 Å². The minimum absolute atomic E-state index is 0.139. The van der Waals surface area contributed by atoms with Crippen LogP contribution in [0.4, 0.5) is 5.69 Å². The van der Waals surface area contributed by atoms with E-state index in [9.17, 15) is 4.79 Å². The van der Waals surface area contributed by atoms with E-state index < -0.39 is 0 Å². The first-order chi connectivity index (χ1) is 13.5. The van der Waals surface area contributed by atoms with Gasteiger partial charge in [-0.05, 0) is 61.4 Å². The van der Waals surface area contributed by atoms with Crippen molar-refractivity contribution in [2.45, 2.75) is 13.8 Å². The van der Waals surface area contributed by atoms with E-state index in [0.29, 0.717) is 5.56 Å². The van der Waals surface area contributed by atoms with Crippen molar-refractivity contribution in [2.75, 3.05) is 5.32 Å². The number of para-hydroxylation sites is 1. The molecule has 4 aromatic rings. The van der Waals surface area contributed by atoms with Crippen LogP contribution in [0, 0.1) is 13.8 Å². The van der Waals surface area contributed by atoms with Gasteiger partial charge in [0.1, 0.15) is 0 Å². The van der Waals surface area contributed by atoms with Crippen LogP contribution in [0.5, 0.6) is 0 Å². The Labute approximate surface area is 172 Å². The van der Waals surface area contributed by atoms with Crippen molar-refractivity contribution in [3.8, 4) is 11.3 Å². The van der Waals surface area contributed by atoms with Crippen molar-refractivity contribution in [3.05, 3.63) is 94.0 Å². The Kier molecular flexibility index (Phi) is 4.97. The average molecular weight is 431 g/mol. The summed E-state index contributed by atoms with van der Waals surface area (Å²) < 4.78 is 0.973. The van der Waals surface area contributed by atoms with Crippen LogP contribution in [0.2, 0.25) is 0 Å². The van der Waals surface area contributed by atoms with Crippen LogP contribution in [0.1, 0.15) is 21.5 Å². The Hall–Kier alpha value is -2.98. The highest BCUT2D eigenvalue weighted by Crippen LogP contribution is 2.27. The summed E-state index contributed by atoms with van der Waals surface area (Å²) in [6.07, 6.45) is 0. The van der Waals surface area contributed by atoms with Crippen LogP contribution in [-0.4, -0.2) is 10.9 Å². The number of hydrogen-bond donors (Lipinski definition) is 1. The number of benzene rings is 3. The number of halogens is 1. The molecule has 28 heavy (non-hydrogen) atoms. The van der Waals surface area contributed by atoms with Gasteiger partial charge < -0.3 is 5.32 Å². The quantitative estimate of drug-likeness (QED) is 0.401. The fourth-order valence-electron chi connectivity index (χ4n) is 3.40. The van der Waals surface area contributed by atoms with E-state index in [0.717, 1.165) is 43.4 Å². The number of carbonyl (C=O) groups excluding carboxylic acids is 1. The highest BCUT2D eigenvalue weighted by molar-refractivity contribution is 9.10. The van der Waals surface area contributed by atoms with Crippen LogP contribution in [0.15, 0.2) is 77.3 Å². The number of rotatable bonds is 3. The van der Waals surface area contributed by atoms with Crippen molar-refractivity contribution >= 4 is 38.4 Å². The van der Waals surface area contributed by atoms with Crippen molar-refractivity contribution in [3.63, 3.8) is 0 Å². The molecular formula is C24H19BrN2O. The Bertz CT molecular complexity index is 1180. The molecule has 0 saturated heterocycles. The van der Waals surface area contributed by atoms with Gasteiger partial charge in [-0.2, -0.15) is 0 Å². The van der Waals surface area contributed by atoms with Gasteiger partial charge in [-0.15, -0.1) is 0 Å². The molecule has 4 rings (SSSR count). The van der Waals surface area contributed by atoms with Crippen molar-refractivity contribution < 1.29 is 4.79 Å². The van der Waals surface area contributed by atoms with Gasteiger partial charge in [0.2, 0.25) is 0 Å². The van der Waals surface area contributed by atoms with Gasteiger partial charge in [-0.3, -0.25) is 4.79 Å². The lowest BCUT2D eigenvalue weighted by atomic mass is 10.0. The number of anilines is 1. The molecule has 0 spiro atoms. The third-order valence-electron chi connectivity index (χ3n) is 4.56. The molecule has 0 aliphatic rings. The number of nitrogens with zero attached hydrogens (tertiary/aromatic N) is 1. The van der Waals surface area contributed by atoms with E-state index in [4.69, 9.17) is 4.98 Å². The molecule has 4 heteroatoms. The molecule has 1 heterocycles. The maximum absolute atomic E-state index is 13.2. The Morgan fingerprint density at radius 2 is 1.64 bits per heavy atom. The van der Waals surface area contributed by atoms with Crippen LogP contribution < -0.4 is 5.32 Å². The highest BCUT2D eigenvalue weighted by Gasteiger charge is 2.14. The lowest BCUT2D eigenvalue weighted by Gasteiger charge is -2.12. The maximum Gasteiger partial charge on any atom is 0.256 e. The third-order valence-corrected chi connectivity index (χ3v) is 5.05. The molecule has 0 aliphatic heterocycles. The summed E-state index contributed by atoms with van der Waals surface area (Å²) in [5, 5.41) is 3.88. The zero-order valence-corrected chi connectivity index (χ0v) is 17.2. The predicted molar refractivity (Wildman–Crippen MR) is 119 cm³/mol. The largest absolute Gasteiger partial charge is 0.322 e. The molecule has 0 fully saturated rings. The fraction of sp³-hybridized carbons (Fsp3) is 0.0833. The smallest absolute Gasteiger partial charge is 0.256 e. The maximum atomic E-state index is 13.2. The van der Waals surface area contributed by atoms with Gasteiger partial charge in [0.25, 0.3) is 5.91 Å². The molecule has 0 atom stereocenters. The van der Waals surface area contributed by atoms with E-state index in [1.165, 1.54) is 0 Å². The van der Waals surface area contributed by atoms with Gasteiger partial charge >= 0.3 is 0 Å². The number of pyridine rings is 1. The van der Waals surface area contributed by atoms with Crippen molar-refractivity contribution in [1.29, 1.82) is 0 Å². The molecule has 0 unspecified atom stereocenters. The van der Waals surface area contributed by atoms with Gasteiger partial charge in [0.15, 0.2) is 0 Å². The zero-order valence-electron chi connectivity index (χ0n) is 15.7. The summed E-state index contributed by atoms with van der Waals surface area (Å²) >= 11 is 3.51. The van der Waals surface area contributed by atoms with Crippen LogP contribution in [-0.2, 0) is 0 Å². The van der Waals surface area contributed by atoms with Gasteiger partial charge in [-0.25, -0.2) is 4.98 Å². The lowest BCUT2D eigenvalue weighted by Crippen LogP contribution is -2.13. The van der Waals surface area contributed by atoms with Crippen molar-refractivity contribution in [2.24, 2.45) is 0 Å². The third kappa shape index (κ3) is 3.82.